The van der Waals surface area contributed by atoms with Gasteiger partial charge in [0.15, 0.2) is 5.60 Å². The molecule has 0 aliphatic heterocycles. The Morgan fingerprint density at radius 3 is 2.51 bits per heavy atom. The number of aromatic nitrogens is 1. The summed E-state index contributed by atoms with van der Waals surface area (Å²) in [5, 5.41) is 9.90. The molecule has 39 heavy (non-hydrogen) atoms. The van der Waals surface area contributed by atoms with E-state index in [4.69, 9.17) is 18.9 Å². The Morgan fingerprint density at radius 2 is 1.85 bits per heavy atom. The summed E-state index contributed by atoms with van der Waals surface area (Å²) >= 11 is 0. The van der Waals surface area contributed by atoms with E-state index in [0.717, 1.165) is 61.1 Å². The predicted octanol–water partition coefficient (Wildman–Crippen LogP) is 7.28. The summed E-state index contributed by atoms with van der Waals surface area (Å²) in [6.45, 7) is 9.02. The third kappa shape index (κ3) is 8.02. The molecule has 2 aromatic carbocycles. The fourth-order valence-corrected chi connectivity index (χ4v) is 5.37. The average Bonchev–Trinajstić information content (AvgIpc) is 3.35. The van der Waals surface area contributed by atoms with Gasteiger partial charge in [0.1, 0.15) is 11.5 Å². The second-order valence-corrected chi connectivity index (χ2v) is 11.5. The molecular weight excluding hydrogens is 490 g/mol. The molecule has 6 heteroatoms. The summed E-state index contributed by atoms with van der Waals surface area (Å²) < 4.78 is 18.5. The lowest BCUT2D eigenvalue weighted by atomic mass is 9.87. The normalized spacial score (nSPS) is 19.2. The fourth-order valence-electron chi connectivity index (χ4n) is 5.37. The van der Waals surface area contributed by atoms with E-state index in [-0.39, 0.29) is 12.0 Å². The monoisotopic (exact) mass is 533 g/mol. The van der Waals surface area contributed by atoms with E-state index in [2.05, 4.69) is 45.0 Å². The van der Waals surface area contributed by atoms with Crippen molar-refractivity contribution in [1.82, 2.24) is 4.98 Å². The predicted molar refractivity (Wildman–Crippen MR) is 153 cm³/mol. The van der Waals surface area contributed by atoms with Gasteiger partial charge in [-0.25, -0.2) is 9.78 Å². The Bertz CT molecular complexity index is 1190. The van der Waals surface area contributed by atoms with Gasteiger partial charge in [0.2, 0.25) is 5.89 Å². The van der Waals surface area contributed by atoms with E-state index < -0.39 is 11.6 Å². The quantitative estimate of drug-likeness (QED) is 0.249. The number of carboxylic acids is 1. The van der Waals surface area contributed by atoms with Gasteiger partial charge in [0, 0.05) is 18.4 Å². The first kappa shape index (κ1) is 29.0. The van der Waals surface area contributed by atoms with E-state index in [1.165, 1.54) is 5.56 Å². The van der Waals surface area contributed by atoms with Crippen LogP contribution in [0.15, 0.2) is 59.0 Å². The van der Waals surface area contributed by atoms with Crippen molar-refractivity contribution in [3.63, 3.8) is 0 Å². The number of hydrogen-bond acceptors (Lipinski definition) is 5. The molecule has 0 bridgehead atoms. The number of aliphatic carboxylic acids is 1. The summed E-state index contributed by atoms with van der Waals surface area (Å²) in [5.41, 5.74) is 2.86. The topological polar surface area (TPSA) is 81.8 Å². The molecule has 4 rings (SSSR count). The Kier molecular flexibility index (Phi) is 9.98. The second-order valence-electron chi connectivity index (χ2n) is 11.5. The number of benzene rings is 2. The van der Waals surface area contributed by atoms with Crippen LogP contribution < -0.4 is 0 Å². The second kappa shape index (κ2) is 13.4. The highest BCUT2D eigenvalue weighted by Crippen LogP contribution is 2.30. The molecule has 1 aliphatic carbocycles. The van der Waals surface area contributed by atoms with Gasteiger partial charge in [-0.15, -0.1) is 0 Å². The minimum atomic E-state index is -1.25. The molecule has 0 radical (unpaired) electrons. The zero-order chi connectivity index (χ0) is 27.8. The van der Waals surface area contributed by atoms with E-state index >= 15 is 0 Å². The van der Waals surface area contributed by atoms with Crippen LogP contribution in [0.1, 0.15) is 76.0 Å². The summed E-state index contributed by atoms with van der Waals surface area (Å²) in [4.78, 5) is 16.9. The van der Waals surface area contributed by atoms with Crippen molar-refractivity contribution < 1.29 is 23.8 Å². The summed E-state index contributed by atoms with van der Waals surface area (Å²) in [5.74, 6) is 1.46. The molecule has 2 unspecified atom stereocenters. The highest BCUT2D eigenvalue weighted by atomic mass is 16.5. The average molecular weight is 534 g/mol. The van der Waals surface area contributed by atoms with Gasteiger partial charge in [0.25, 0.3) is 0 Å². The van der Waals surface area contributed by atoms with Crippen molar-refractivity contribution in [1.29, 1.82) is 0 Å². The molecule has 3 aromatic rings. The minimum absolute atomic E-state index is 0.0951. The molecule has 0 spiro atoms. The van der Waals surface area contributed by atoms with Crippen molar-refractivity contribution >= 4 is 5.97 Å². The maximum Gasteiger partial charge on any atom is 0.336 e. The van der Waals surface area contributed by atoms with Crippen molar-refractivity contribution in [2.24, 2.45) is 11.8 Å². The van der Waals surface area contributed by atoms with E-state index in [0.29, 0.717) is 31.4 Å². The molecule has 1 saturated carbocycles. The van der Waals surface area contributed by atoms with E-state index in [1.807, 2.05) is 30.3 Å². The SMILES string of the molecule is CCc1oc(-c2ccc(CC(C)C)cc2)nc1COC1CCC[C@@H](COC(C)(Cc2ccccc2)C(=O)O)C1. The minimum Gasteiger partial charge on any atom is -0.479 e. The molecule has 1 fully saturated rings. The Morgan fingerprint density at radius 1 is 1.10 bits per heavy atom. The third-order valence-corrected chi connectivity index (χ3v) is 7.61. The van der Waals surface area contributed by atoms with Crippen LogP contribution in [0, 0.1) is 11.8 Å². The first-order valence-corrected chi connectivity index (χ1v) is 14.4. The van der Waals surface area contributed by atoms with Crippen LogP contribution in [-0.2, 0) is 40.1 Å². The van der Waals surface area contributed by atoms with Crippen molar-refractivity contribution in [3.05, 3.63) is 77.2 Å². The van der Waals surface area contributed by atoms with Crippen LogP contribution >= 0.6 is 0 Å². The molecule has 1 N–H and O–H groups in total. The Balaban J connectivity index is 1.32. The number of aryl methyl sites for hydroxylation is 1. The van der Waals surface area contributed by atoms with Crippen LogP contribution in [-0.4, -0.2) is 34.4 Å². The van der Waals surface area contributed by atoms with Crippen LogP contribution in [0.2, 0.25) is 0 Å². The zero-order valence-corrected chi connectivity index (χ0v) is 23.8. The van der Waals surface area contributed by atoms with Gasteiger partial charge in [-0.2, -0.15) is 0 Å². The standard InChI is InChI=1S/C33H43NO5/c1-5-30-29(34-31(39-30)27-16-14-24(15-17-27)18-23(2)3)22-37-28-13-9-12-26(19-28)21-38-33(4,32(35)36)20-25-10-7-6-8-11-25/h6-8,10-11,14-17,23,26,28H,5,9,12-13,18-22H2,1-4H3,(H,35,36)/t26-,28?,33?/m1/s1. The maximum atomic E-state index is 12.1. The van der Waals surface area contributed by atoms with Gasteiger partial charge >= 0.3 is 5.97 Å². The number of carbonyl (C=O) groups is 1. The van der Waals surface area contributed by atoms with Gasteiger partial charge in [0.05, 0.1) is 19.3 Å². The lowest BCUT2D eigenvalue weighted by Gasteiger charge is -2.32. The summed E-state index contributed by atoms with van der Waals surface area (Å²) in [6.07, 6.45) is 6.14. The lowest BCUT2D eigenvalue weighted by Crippen LogP contribution is -2.42. The van der Waals surface area contributed by atoms with Crippen molar-refractivity contribution in [2.75, 3.05) is 6.61 Å². The van der Waals surface area contributed by atoms with Gasteiger partial charge < -0.3 is 19.0 Å². The number of hydrogen-bond donors (Lipinski definition) is 1. The molecule has 210 valence electrons. The van der Waals surface area contributed by atoms with E-state index in [9.17, 15) is 9.90 Å². The molecule has 6 nitrogen and oxygen atoms in total. The molecule has 0 saturated heterocycles. The largest absolute Gasteiger partial charge is 0.479 e. The highest BCUT2D eigenvalue weighted by Gasteiger charge is 2.36. The fraction of sp³-hybridized carbons (Fsp3) is 0.515. The molecule has 0 amide bonds. The van der Waals surface area contributed by atoms with Crippen molar-refractivity contribution in [3.8, 4) is 11.5 Å². The summed E-state index contributed by atoms with van der Waals surface area (Å²) in [6, 6.07) is 18.1. The third-order valence-electron chi connectivity index (χ3n) is 7.61. The molecular formula is C33H43NO5. The Hall–Kier alpha value is -2.96. The molecule has 1 aromatic heterocycles. The first-order chi connectivity index (χ1) is 18.8. The Labute approximate surface area is 232 Å². The molecule has 1 heterocycles. The summed E-state index contributed by atoms with van der Waals surface area (Å²) in [7, 11) is 0. The molecule has 3 atom stereocenters. The first-order valence-electron chi connectivity index (χ1n) is 14.4. The number of oxazole rings is 1. The van der Waals surface area contributed by atoms with Crippen molar-refractivity contribution in [2.45, 2.75) is 91.0 Å². The van der Waals surface area contributed by atoms with Gasteiger partial charge in [-0.05, 0) is 67.7 Å². The van der Waals surface area contributed by atoms with Crippen LogP contribution in [0.25, 0.3) is 11.5 Å². The van der Waals surface area contributed by atoms with Crippen LogP contribution in [0.5, 0.6) is 0 Å². The van der Waals surface area contributed by atoms with Crippen LogP contribution in [0.3, 0.4) is 0 Å². The maximum absolute atomic E-state index is 12.1. The van der Waals surface area contributed by atoms with E-state index in [1.54, 1.807) is 6.92 Å². The number of rotatable bonds is 13. The zero-order valence-electron chi connectivity index (χ0n) is 23.8. The van der Waals surface area contributed by atoms with Crippen LogP contribution in [0.4, 0.5) is 0 Å². The lowest BCUT2D eigenvalue weighted by molar-refractivity contribution is -0.166. The number of carboxylic acid groups (broad SMARTS) is 1. The van der Waals surface area contributed by atoms with Gasteiger partial charge in [-0.3, -0.25) is 0 Å². The number of nitrogens with zero attached hydrogens (tertiary/aromatic N) is 1. The smallest absolute Gasteiger partial charge is 0.336 e. The molecule has 1 aliphatic rings. The van der Waals surface area contributed by atoms with Gasteiger partial charge in [-0.1, -0.05) is 69.7 Å². The highest BCUT2D eigenvalue weighted by molar-refractivity contribution is 5.77. The number of ether oxygens (including phenoxy) is 2.